The minimum absolute atomic E-state index is 0.00537. The molecule has 12 aromatic carbocycles. The van der Waals surface area contributed by atoms with Gasteiger partial charge in [-0.3, -0.25) is 0 Å². The quantitative estimate of drug-likeness (QED) is 0.165. The van der Waals surface area contributed by atoms with Crippen LogP contribution < -0.4 is 9.80 Å². The maximum absolute atomic E-state index is 7.54. The first-order chi connectivity index (χ1) is 37.9. The lowest BCUT2D eigenvalue weighted by molar-refractivity contribution is 0.590. The second kappa shape index (κ2) is 16.9. The van der Waals surface area contributed by atoms with E-state index >= 15 is 0 Å². The highest BCUT2D eigenvalue weighted by Crippen LogP contribution is 2.67. The van der Waals surface area contributed by atoms with Crippen molar-refractivity contribution in [2.24, 2.45) is 0 Å². The first-order valence-corrected chi connectivity index (χ1v) is 27.5. The van der Waals surface area contributed by atoms with Gasteiger partial charge in [-0.25, -0.2) is 0 Å². The van der Waals surface area contributed by atoms with Gasteiger partial charge in [-0.05, 0) is 155 Å². The molecule has 0 N–H and O–H groups in total. The fraction of sp³-hybridized carbons (Fsp3) is 0.120. The van der Waals surface area contributed by atoms with E-state index in [-0.39, 0.29) is 10.8 Å². The van der Waals surface area contributed by atoms with Crippen molar-refractivity contribution >= 4 is 88.4 Å². The van der Waals surface area contributed by atoms with Crippen molar-refractivity contribution in [2.75, 3.05) is 9.80 Å². The second-order valence-electron chi connectivity index (χ2n) is 23.7. The molecular weight excluding hydrogens is 945 g/mol. The Balaban J connectivity index is 1.10. The summed E-state index contributed by atoms with van der Waals surface area (Å²) < 4.78 is 7.54. The molecule has 0 aliphatic heterocycles. The minimum Gasteiger partial charge on any atom is -0.455 e. The van der Waals surface area contributed by atoms with Gasteiger partial charge in [-0.2, -0.15) is 0 Å². The van der Waals surface area contributed by atoms with E-state index in [1.807, 2.05) is 0 Å². The number of hydrogen-bond donors (Lipinski definition) is 0. The topological polar surface area (TPSA) is 19.6 Å². The van der Waals surface area contributed by atoms with Crippen LogP contribution in [0.3, 0.4) is 0 Å². The molecule has 0 bridgehead atoms. The van der Waals surface area contributed by atoms with Crippen molar-refractivity contribution in [3.8, 4) is 22.3 Å². The largest absolute Gasteiger partial charge is 0.455 e. The SMILES string of the molecule is CC(C)(C)c1ccc(N(c2ccc3ccccc3c2)c2cc3c(c4ccccc24)-c2c(cc(N(c4ccc(C(C)(C)C)cc4)c4ccc5ccccc5c4)c4c2oc2ccccc24)C32c3ccccc3-c3ccccc32)cc1. The predicted octanol–water partition coefficient (Wildman–Crippen LogP) is 20.9. The molecule has 1 heterocycles. The molecule has 13 aromatic rings. The molecule has 0 unspecified atom stereocenters. The molecule has 78 heavy (non-hydrogen) atoms. The van der Waals surface area contributed by atoms with Crippen LogP contribution in [-0.2, 0) is 16.2 Å². The van der Waals surface area contributed by atoms with E-state index in [2.05, 4.69) is 294 Å². The standard InChI is InChI=1S/C75H58N2O/c1-73(2,3)51-33-39-53(40-34-51)76(55-37-31-47-19-7-9-21-49(47)43-55)66-45-64-69(60-26-12-11-25-59(60)66)71-65(75(64)62-28-16-13-23-57(62)58-24-14-17-29-63(58)75)46-67(70-61-27-15-18-30-68(61)78-72(70)71)77(54-41-35-52(36-42-54)74(4,5)6)56-38-32-48-20-8-10-22-50(48)44-56/h7-46H,1-6H3. The lowest BCUT2D eigenvalue weighted by Gasteiger charge is -2.34. The van der Waals surface area contributed by atoms with E-state index in [4.69, 9.17) is 4.42 Å². The van der Waals surface area contributed by atoms with Crippen molar-refractivity contribution in [3.05, 3.63) is 276 Å². The van der Waals surface area contributed by atoms with E-state index in [1.165, 1.54) is 77.0 Å². The first-order valence-electron chi connectivity index (χ1n) is 27.5. The van der Waals surface area contributed by atoms with Crippen LogP contribution >= 0.6 is 0 Å². The average Bonchev–Trinajstić information content (AvgIpc) is 3.54. The van der Waals surface area contributed by atoms with Crippen molar-refractivity contribution in [1.29, 1.82) is 0 Å². The Labute approximate surface area is 456 Å². The molecule has 0 saturated carbocycles. The maximum atomic E-state index is 7.54. The van der Waals surface area contributed by atoms with Gasteiger partial charge in [0.05, 0.1) is 22.2 Å². The number of hydrogen-bond acceptors (Lipinski definition) is 3. The van der Waals surface area contributed by atoms with Crippen LogP contribution in [0, 0.1) is 0 Å². The van der Waals surface area contributed by atoms with Crippen molar-refractivity contribution < 1.29 is 4.42 Å². The van der Waals surface area contributed by atoms with E-state index < -0.39 is 5.41 Å². The zero-order valence-electron chi connectivity index (χ0n) is 44.9. The van der Waals surface area contributed by atoms with Crippen LogP contribution in [0.5, 0.6) is 0 Å². The molecule has 1 aromatic heterocycles. The highest BCUT2D eigenvalue weighted by molar-refractivity contribution is 6.23. The number of fused-ring (bicyclic) bond motifs is 18. The number of anilines is 6. The first kappa shape index (κ1) is 46.1. The Kier molecular flexibility index (Phi) is 10.0. The normalized spacial score (nSPS) is 13.4. The molecule has 2 aliphatic carbocycles. The third kappa shape index (κ3) is 6.77. The van der Waals surface area contributed by atoms with Gasteiger partial charge in [0.1, 0.15) is 11.2 Å². The van der Waals surface area contributed by atoms with Gasteiger partial charge in [-0.15, -0.1) is 0 Å². The lowest BCUT2D eigenvalue weighted by Crippen LogP contribution is -2.26. The Morgan fingerprint density at radius 2 is 0.756 bits per heavy atom. The molecule has 3 heteroatoms. The van der Waals surface area contributed by atoms with E-state index in [9.17, 15) is 0 Å². The zero-order chi connectivity index (χ0) is 52.7. The summed E-state index contributed by atoms with van der Waals surface area (Å²) in [5.41, 5.74) is 20.0. The van der Waals surface area contributed by atoms with Gasteiger partial charge in [0.25, 0.3) is 0 Å². The fourth-order valence-electron chi connectivity index (χ4n) is 13.4. The van der Waals surface area contributed by atoms with Gasteiger partial charge in [0.15, 0.2) is 0 Å². The van der Waals surface area contributed by atoms with Crippen LogP contribution in [0.2, 0.25) is 0 Å². The molecule has 3 nitrogen and oxygen atoms in total. The number of nitrogens with zero attached hydrogens (tertiary/aromatic N) is 2. The van der Waals surface area contributed by atoms with E-state index in [1.54, 1.807) is 0 Å². The highest BCUT2D eigenvalue weighted by Gasteiger charge is 2.54. The van der Waals surface area contributed by atoms with Crippen molar-refractivity contribution in [3.63, 3.8) is 0 Å². The molecule has 374 valence electrons. The molecule has 0 atom stereocenters. The number of rotatable bonds is 6. The summed E-state index contributed by atoms with van der Waals surface area (Å²) in [6.45, 7) is 13.7. The Morgan fingerprint density at radius 1 is 0.333 bits per heavy atom. The number of furan rings is 1. The third-order valence-electron chi connectivity index (χ3n) is 17.1. The Hall–Kier alpha value is -9.18. The fourth-order valence-corrected chi connectivity index (χ4v) is 13.4. The summed E-state index contributed by atoms with van der Waals surface area (Å²) in [6.07, 6.45) is 0. The van der Waals surface area contributed by atoms with Gasteiger partial charge >= 0.3 is 0 Å². The Bertz CT molecular complexity index is 4540. The average molecular weight is 1000 g/mol. The van der Waals surface area contributed by atoms with Crippen LogP contribution in [0.1, 0.15) is 74.9 Å². The monoisotopic (exact) mass is 1000 g/mol. The predicted molar refractivity (Wildman–Crippen MR) is 329 cm³/mol. The van der Waals surface area contributed by atoms with Crippen LogP contribution in [-0.4, -0.2) is 0 Å². The summed E-state index contributed by atoms with van der Waals surface area (Å²) in [4.78, 5) is 5.01. The highest BCUT2D eigenvalue weighted by atomic mass is 16.3. The van der Waals surface area contributed by atoms with Crippen LogP contribution in [0.25, 0.3) is 76.5 Å². The molecular formula is C75H58N2O. The van der Waals surface area contributed by atoms with Crippen LogP contribution in [0.4, 0.5) is 34.1 Å². The summed E-state index contributed by atoms with van der Waals surface area (Å²) in [7, 11) is 0. The van der Waals surface area contributed by atoms with Crippen molar-refractivity contribution in [1.82, 2.24) is 0 Å². The van der Waals surface area contributed by atoms with Gasteiger partial charge in [-0.1, -0.05) is 217 Å². The molecule has 1 spiro atoms. The molecule has 2 aliphatic rings. The molecule has 15 rings (SSSR count). The molecule has 0 fully saturated rings. The van der Waals surface area contributed by atoms with Gasteiger partial charge in [0, 0.05) is 39.1 Å². The van der Waals surface area contributed by atoms with Gasteiger partial charge in [0.2, 0.25) is 0 Å². The zero-order valence-corrected chi connectivity index (χ0v) is 44.9. The third-order valence-corrected chi connectivity index (χ3v) is 17.1. The van der Waals surface area contributed by atoms with Crippen molar-refractivity contribution in [2.45, 2.75) is 57.8 Å². The van der Waals surface area contributed by atoms with E-state index in [0.717, 1.165) is 67.0 Å². The molecule has 0 saturated heterocycles. The lowest BCUT2D eigenvalue weighted by atomic mass is 9.70. The van der Waals surface area contributed by atoms with Gasteiger partial charge < -0.3 is 14.2 Å². The summed E-state index contributed by atoms with van der Waals surface area (Å²) in [5.74, 6) is 0. The van der Waals surface area contributed by atoms with Crippen LogP contribution in [0.15, 0.2) is 247 Å². The summed E-state index contributed by atoms with van der Waals surface area (Å²) >= 11 is 0. The summed E-state index contributed by atoms with van der Waals surface area (Å²) in [5, 5.41) is 9.32. The second-order valence-corrected chi connectivity index (χ2v) is 23.7. The molecule has 0 amide bonds. The van der Waals surface area contributed by atoms with E-state index in [0.29, 0.717) is 0 Å². The number of para-hydroxylation sites is 1. The smallest absolute Gasteiger partial charge is 0.145 e. The number of benzene rings is 12. The minimum atomic E-state index is -0.755. The Morgan fingerprint density at radius 3 is 1.31 bits per heavy atom. The summed E-state index contributed by atoms with van der Waals surface area (Å²) in [6, 6.07) is 91.0. The maximum Gasteiger partial charge on any atom is 0.145 e. The molecule has 0 radical (unpaired) electrons.